The lowest BCUT2D eigenvalue weighted by Gasteiger charge is -2.17. The van der Waals surface area contributed by atoms with Crippen LogP contribution in [0.4, 0.5) is 0 Å². The Bertz CT molecular complexity index is 300. The number of Topliss-reactive ketones (excluding diaryl/α,β-unsaturated/α-hetero) is 1. The Kier molecular flexibility index (Phi) is 3.51. The van der Waals surface area contributed by atoms with Crippen LogP contribution in [0.3, 0.4) is 0 Å². The second-order valence-corrected chi connectivity index (χ2v) is 3.14. The van der Waals surface area contributed by atoms with Gasteiger partial charge in [-0.05, 0) is 13.0 Å². The van der Waals surface area contributed by atoms with Crippen LogP contribution in [0, 0.1) is 0 Å². The molecule has 0 N–H and O–H groups in total. The molecular formula is C8H9BrN2O3. The summed E-state index contributed by atoms with van der Waals surface area (Å²) in [5.74, 6) is -1.06. The van der Waals surface area contributed by atoms with E-state index >= 15 is 0 Å². The van der Waals surface area contributed by atoms with E-state index < -0.39 is 11.5 Å². The van der Waals surface area contributed by atoms with Crippen LogP contribution in [0.15, 0.2) is 22.5 Å². The van der Waals surface area contributed by atoms with Gasteiger partial charge in [-0.3, -0.25) is 4.79 Å². The highest BCUT2D eigenvalue weighted by Crippen LogP contribution is 2.23. The number of esters is 1. The predicted molar refractivity (Wildman–Crippen MR) is 52.2 cm³/mol. The Morgan fingerprint density at radius 2 is 2.29 bits per heavy atom. The number of hydrogen-bond donors (Lipinski definition) is 0. The average Bonchev–Trinajstić information content (AvgIpc) is 2.67. The minimum absolute atomic E-state index is 0.0369. The molecule has 0 saturated carbocycles. The van der Waals surface area contributed by atoms with Crippen LogP contribution in [0.1, 0.15) is 6.92 Å². The highest BCUT2D eigenvalue weighted by atomic mass is 79.9. The number of nitrogens with zero attached hydrogens (tertiary/aromatic N) is 2. The van der Waals surface area contributed by atoms with Crippen LogP contribution < -0.4 is 0 Å². The van der Waals surface area contributed by atoms with Crippen molar-refractivity contribution in [3.8, 4) is 0 Å². The Hall–Kier alpha value is -1.04. The second-order valence-electron chi connectivity index (χ2n) is 2.57. The van der Waals surface area contributed by atoms with Crippen LogP contribution in [-0.4, -0.2) is 29.2 Å². The third kappa shape index (κ3) is 1.75. The van der Waals surface area contributed by atoms with Gasteiger partial charge in [0.15, 0.2) is 5.78 Å². The zero-order valence-electron chi connectivity index (χ0n) is 7.57. The zero-order valence-corrected chi connectivity index (χ0v) is 9.15. The first-order valence-electron chi connectivity index (χ1n) is 4.03. The molecule has 0 aromatic heterocycles. The van der Waals surface area contributed by atoms with Crippen molar-refractivity contribution in [3.63, 3.8) is 0 Å². The number of carbonyl (C=O) groups excluding carboxylic acids is 2. The monoisotopic (exact) mass is 260 g/mol. The first kappa shape index (κ1) is 11.0. The molecule has 1 rings (SSSR count). The lowest BCUT2D eigenvalue weighted by atomic mass is 9.97. The summed E-state index contributed by atoms with van der Waals surface area (Å²) < 4.78 is 4.77. The number of ether oxygens (including phenoxy) is 1. The van der Waals surface area contributed by atoms with Crippen LogP contribution in [-0.2, 0) is 14.3 Å². The van der Waals surface area contributed by atoms with Crippen molar-refractivity contribution in [1.82, 2.24) is 0 Å². The maximum Gasteiger partial charge on any atom is 0.347 e. The van der Waals surface area contributed by atoms with E-state index in [9.17, 15) is 9.59 Å². The lowest BCUT2D eigenvalue weighted by Crippen LogP contribution is -2.44. The van der Waals surface area contributed by atoms with Crippen molar-refractivity contribution < 1.29 is 14.3 Å². The molecule has 0 bridgehead atoms. The fraction of sp³-hybridized carbons (Fsp3) is 0.500. The molecule has 76 valence electrons. The highest BCUT2D eigenvalue weighted by molar-refractivity contribution is 9.09. The van der Waals surface area contributed by atoms with Gasteiger partial charge in [-0.15, -0.1) is 0 Å². The molecule has 1 atom stereocenters. The molecule has 1 unspecified atom stereocenters. The summed E-state index contributed by atoms with van der Waals surface area (Å²) in [5.41, 5.74) is -1.56. The second kappa shape index (κ2) is 4.45. The normalized spacial score (nSPS) is 23.9. The van der Waals surface area contributed by atoms with Crippen LogP contribution in [0.5, 0.6) is 0 Å². The summed E-state index contributed by atoms with van der Waals surface area (Å²) in [6.45, 7) is 1.87. The van der Waals surface area contributed by atoms with Crippen LogP contribution >= 0.6 is 15.9 Å². The van der Waals surface area contributed by atoms with Gasteiger partial charge in [0.25, 0.3) is 5.54 Å². The van der Waals surface area contributed by atoms with E-state index in [1.165, 1.54) is 12.3 Å². The number of rotatable bonds is 4. The summed E-state index contributed by atoms with van der Waals surface area (Å²) in [6, 6.07) is 0. The molecule has 1 aliphatic heterocycles. The fourth-order valence-electron chi connectivity index (χ4n) is 1.01. The highest BCUT2D eigenvalue weighted by Gasteiger charge is 2.46. The van der Waals surface area contributed by atoms with Crippen LogP contribution in [0.25, 0.3) is 0 Å². The van der Waals surface area contributed by atoms with Crippen molar-refractivity contribution in [2.24, 2.45) is 10.2 Å². The first-order valence-corrected chi connectivity index (χ1v) is 5.15. The van der Waals surface area contributed by atoms with Gasteiger partial charge in [-0.25, -0.2) is 4.79 Å². The Balaban J connectivity index is 2.94. The minimum Gasteiger partial charge on any atom is -0.464 e. The first-order chi connectivity index (χ1) is 6.67. The van der Waals surface area contributed by atoms with Crippen LogP contribution in [0.2, 0.25) is 0 Å². The molecule has 1 aliphatic rings. The maximum atomic E-state index is 11.5. The molecule has 0 amide bonds. The number of carbonyl (C=O) groups is 2. The topological polar surface area (TPSA) is 68.1 Å². The number of azo groups is 1. The molecule has 1 heterocycles. The number of halogens is 1. The van der Waals surface area contributed by atoms with Crippen molar-refractivity contribution in [2.45, 2.75) is 12.5 Å². The molecule has 5 nitrogen and oxygen atoms in total. The fourth-order valence-corrected chi connectivity index (χ4v) is 1.44. The maximum absolute atomic E-state index is 11.5. The largest absolute Gasteiger partial charge is 0.464 e. The number of ketones is 1. The molecule has 0 aromatic rings. The van der Waals surface area contributed by atoms with E-state index in [0.717, 1.165) is 0 Å². The van der Waals surface area contributed by atoms with E-state index in [0.29, 0.717) is 0 Å². The SMILES string of the molecule is CCOC(=O)C1(C(=O)CBr)C=CN=N1. The van der Waals surface area contributed by atoms with Gasteiger partial charge in [0.05, 0.1) is 11.9 Å². The van der Waals surface area contributed by atoms with E-state index in [2.05, 4.69) is 26.2 Å². The molecule has 14 heavy (non-hydrogen) atoms. The Morgan fingerprint density at radius 1 is 1.57 bits per heavy atom. The van der Waals surface area contributed by atoms with Gasteiger partial charge in [0, 0.05) is 6.20 Å². The number of hydrogen-bond acceptors (Lipinski definition) is 5. The minimum atomic E-state index is -1.56. The Labute approximate surface area is 89.3 Å². The quantitative estimate of drug-likeness (QED) is 0.434. The van der Waals surface area contributed by atoms with E-state index in [4.69, 9.17) is 4.74 Å². The summed E-state index contributed by atoms with van der Waals surface area (Å²) in [7, 11) is 0. The van der Waals surface area contributed by atoms with Gasteiger partial charge in [0.1, 0.15) is 0 Å². The third-order valence-electron chi connectivity index (χ3n) is 1.73. The molecule has 0 aliphatic carbocycles. The van der Waals surface area contributed by atoms with Crippen molar-refractivity contribution in [1.29, 1.82) is 0 Å². The van der Waals surface area contributed by atoms with Gasteiger partial charge < -0.3 is 4.74 Å². The standard InChI is InChI=1S/C8H9BrN2O3/c1-2-14-7(13)8(6(12)5-9)3-4-10-11-8/h3-4H,2,5H2,1H3. The smallest absolute Gasteiger partial charge is 0.347 e. The van der Waals surface area contributed by atoms with Gasteiger partial charge in [-0.1, -0.05) is 15.9 Å². The molecular weight excluding hydrogens is 252 g/mol. The molecule has 0 spiro atoms. The summed E-state index contributed by atoms with van der Waals surface area (Å²) in [4.78, 5) is 23.0. The zero-order chi connectivity index (χ0) is 10.6. The molecule has 0 fully saturated rings. The molecule has 0 aromatic carbocycles. The van der Waals surface area contributed by atoms with E-state index in [1.807, 2.05) is 0 Å². The molecule has 0 radical (unpaired) electrons. The average molecular weight is 261 g/mol. The van der Waals surface area contributed by atoms with E-state index in [-0.39, 0.29) is 17.7 Å². The van der Waals surface area contributed by atoms with Gasteiger partial charge >= 0.3 is 5.97 Å². The third-order valence-corrected chi connectivity index (χ3v) is 2.24. The lowest BCUT2D eigenvalue weighted by molar-refractivity contribution is -0.150. The summed E-state index contributed by atoms with van der Waals surface area (Å²) >= 11 is 2.99. The van der Waals surface area contributed by atoms with Crippen molar-refractivity contribution >= 4 is 27.7 Å². The molecule has 0 saturated heterocycles. The van der Waals surface area contributed by atoms with Crippen molar-refractivity contribution in [3.05, 3.63) is 12.3 Å². The predicted octanol–water partition coefficient (Wildman–Crippen LogP) is 1.23. The van der Waals surface area contributed by atoms with Crippen molar-refractivity contribution in [2.75, 3.05) is 11.9 Å². The van der Waals surface area contributed by atoms with E-state index in [1.54, 1.807) is 6.92 Å². The Morgan fingerprint density at radius 3 is 2.71 bits per heavy atom. The van der Waals surface area contributed by atoms with Gasteiger partial charge in [0.2, 0.25) is 0 Å². The number of alkyl halides is 1. The van der Waals surface area contributed by atoms with Gasteiger partial charge in [-0.2, -0.15) is 10.2 Å². The summed E-state index contributed by atoms with van der Waals surface area (Å²) in [5, 5.41) is 7.16. The summed E-state index contributed by atoms with van der Waals surface area (Å²) in [6.07, 6.45) is 2.66. The molecule has 6 heteroatoms.